The number of amides is 1. The van der Waals surface area contributed by atoms with Crippen LogP contribution in [0.5, 0.6) is 0 Å². The van der Waals surface area contributed by atoms with Crippen molar-refractivity contribution in [1.29, 1.82) is 0 Å². The summed E-state index contributed by atoms with van der Waals surface area (Å²) >= 11 is 6.18. The predicted octanol–water partition coefficient (Wildman–Crippen LogP) is 3.72. The summed E-state index contributed by atoms with van der Waals surface area (Å²) in [5.41, 5.74) is 6.60. The first-order valence-corrected chi connectivity index (χ1v) is 11.4. The van der Waals surface area contributed by atoms with Gasteiger partial charge in [-0.3, -0.25) is 9.59 Å². The highest BCUT2D eigenvalue weighted by Gasteiger charge is 2.63. The van der Waals surface area contributed by atoms with Gasteiger partial charge in [-0.15, -0.1) is 0 Å². The van der Waals surface area contributed by atoms with Crippen LogP contribution in [0.2, 0.25) is 5.02 Å². The molecule has 3 aliphatic rings. The Morgan fingerprint density at radius 3 is 2.71 bits per heavy atom. The van der Waals surface area contributed by atoms with Gasteiger partial charge in [0.2, 0.25) is 11.8 Å². The van der Waals surface area contributed by atoms with E-state index in [2.05, 4.69) is 0 Å². The lowest BCUT2D eigenvalue weighted by Crippen LogP contribution is -2.51. The van der Waals surface area contributed by atoms with Crippen molar-refractivity contribution >= 4 is 34.9 Å². The fourth-order valence-corrected chi connectivity index (χ4v) is 5.58. The summed E-state index contributed by atoms with van der Waals surface area (Å²) in [6, 6.07) is 14.4. The first-order valence-electron chi connectivity index (χ1n) is 11.1. The largest absolute Gasteiger partial charge is 0.462 e. The van der Waals surface area contributed by atoms with E-state index in [1.165, 1.54) is 4.90 Å². The molecule has 0 fully saturated rings. The number of Topliss-reactive ketones (excluding diaryl/α,β-unsaturated/α-hetero) is 1. The van der Waals surface area contributed by atoms with Crippen LogP contribution in [0.3, 0.4) is 0 Å². The lowest BCUT2D eigenvalue weighted by Gasteiger charge is -2.40. The molecule has 0 saturated carbocycles. The number of ketones is 1. The van der Waals surface area contributed by atoms with Crippen LogP contribution >= 0.6 is 11.6 Å². The summed E-state index contributed by atoms with van der Waals surface area (Å²) in [7, 11) is 1.62. The number of ether oxygens (including phenoxy) is 2. The molecule has 2 heterocycles. The number of fused-ring (bicyclic) bond motifs is 3. The number of allylic oxidation sites excluding steroid dienone is 1. The second-order valence-electron chi connectivity index (χ2n) is 8.57. The summed E-state index contributed by atoms with van der Waals surface area (Å²) in [5.74, 6) is -1.64. The zero-order valence-electron chi connectivity index (χ0n) is 18.8. The van der Waals surface area contributed by atoms with E-state index in [4.69, 9.17) is 26.8 Å². The summed E-state index contributed by atoms with van der Waals surface area (Å²) in [6.45, 7) is 1.74. The highest BCUT2D eigenvalue weighted by Crippen LogP contribution is 2.56. The van der Waals surface area contributed by atoms with Gasteiger partial charge in [0, 0.05) is 36.2 Å². The van der Waals surface area contributed by atoms with Crippen molar-refractivity contribution in [1.82, 2.24) is 0 Å². The molecule has 2 aromatic rings. The second-order valence-corrected chi connectivity index (χ2v) is 9.01. The lowest BCUT2D eigenvalue weighted by atomic mass is 9.63. The third-order valence-electron chi connectivity index (χ3n) is 6.75. The minimum Gasteiger partial charge on any atom is -0.462 e. The van der Waals surface area contributed by atoms with Crippen molar-refractivity contribution in [2.24, 2.45) is 5.73 Å². The lowest BCUT2D eigenvalue weighted by molar-refractivity contribution is -0.141. The van der Waals surface area contributed by atoms with E-state index in [1.807, 2.05) is 18.2 Å². The van der Waals surface area contributed by atoms with Gasteiger partial charge in [-0.2, -0.15) is 0 Å². The SMILES string of the molecule is CCOC(=O)C1=C(N)OC2=C(C(=O)C[C@H](c3cccc(Cl)c3)C2)[C@]12C(=O)N(C)c1ccccc12. The summed E-state index contributed by atoms with van der Waals surface area (Å²) in [5, 5.41) is 0.566. The number of halogens is 1. The molecule has 8 heteroatoms. The number of anilines is 1. The average molecular weight is 479 g/mol. The van der Waals surface area contributed by atoms with Gasteiger partial charge in [-0.25, -0.2) is 4.79 Å². The number of benzene rings is 2. The quantitative estimate of drug-likeness (QED) is 0.675. The second kappa shape index (κ2) is 8.02. The van der Waals surface area contributed by atoms with Crippen molar-refractivity contribution in [2.75, 3.05) is 18.6 Å². The van der Waals surface area contributed by atoms with Crippen LogP contribution in [0, 0.1) is 0 Å². The fraction of sp³-hybridized carbons (Fsp3) is 0.269. The summed E-state index contributed by atoms with van der Waals surface area (Å²) < 4.78 is 11.2. The Morgan fingerprint density at radius 1 is 1.21 bits per heavy atom. The number of carbonyl (C=O) groups is 3. The van der Waals surface area contributed by atoms with Crippen molar-refractivity contribution in [3.63, 3.8) is 0 Å². The Labute approximate surface area is 201 Å². The van der Waals surface area contributed by atoms with Crippen LogP contribution in [0.15, 0.2) is 71.3 Å². The highest BCUT2D eigenvalue weighted by molar-refractivity contribution is 6.30. The van der Waals surface area contributed by atoms with Crippen molar-refractivity contribution in [3.8, 4) is 0 Å². The molecule has 0 aromatic heterocycles. The van der Waals surface area contributed by atoms with Gasteiger partial charge in [0.25, 0.3) is 0 Å². The summed E-state index contributed by atoms with van der Waals surface area (Å²) in [6.07, 6.45) is 0.471. The Balaban J connectivity index is 1.75. The van der Waals surface area contributed by atoms with Gasteiger partial charge in [-0.05, 0) is 36.6 Å². The molecule has 2 aromatic carbocycles. The molecular formula is C26H23ClN2O5. The third kappa shape index (κ3) is 3.00. The van der Waals surface area contributed by atoms with E-state index >= 15 is 0 Å². The number of rotatable bonds is 3. The van der Waals surface area contributed by atoms with Crippen LogP contribution in [-0.4, -0.2) is 31.3 Å². The molecule has 1 aliphatic carbocycles. The topological polar surface area (TPSA) is 98.9 Å². The Bertz CT molecular complexity index is 1310. The molecular weight excluding hydrogens is 456 g/mol. The number of likely N-dealkylation sites (N-methyl/N-ethyl adjacent to an activating group) is 1. The maximum Gasteiger partial charge on any atom is 0.341 e. The van der Waals surface area contributed by atoms with E-state index in [1.54, 1.807) is 44.3 Å². The molecule has 34 heavy (non-hydrogen) atoms. The Hall–Kier alpha value is -3.58. The number of carbonyl (C=O) groups excluding carboxylic acids is 3. The van der Waals surface area contributed by atoms with Gasteiger partial charge in [-0.1, -0.05) is 41.9 Å². The molecule has 2 atom stereocenters. The van der Waals surface area contributed by atoms with E-state index in [0.717, 1.165) is 5.56 Å². The molecule has 0 saturated heterocycles. The maximum atomic E-state index is 14.0. The zero-order valence-corrected chi connectivity index (χ0v) is 19.5. The van der Waals surface area contributed by atoms with Gasteiger partial charge in [0.15, 0.2) is 5.78 Å². The number of nitrogens with two attached hydrogens (primary N) is 1. The normalized spacial score (nSPS) is 23.7. The van der Waals surface area contributed by atoms with E-state index < -0.39 is 17.3 Å². The molecule has 1 spiro atoms. The summed E-state index contributed by atoms with van der Waals surface area (Å²) in [4.78, 5) is 42.4. The number of hydrogen-bond donors (Lipinski definition) is 1. The molecule has 2 aliphatic heterocycles. The van der Waals surface area contributed by atoms with E-state index in [0.29, 0.717) is 28.5 Å². The molecule has 0 bridgehead atoms. The number of hydrogen-bond acceptors (Lipinski definition) is 6. The zero-order chi connectivity index (χ0) is 24.2. The monoisotopic (exact) mass is 478 g/mol. The van der Waals surface area contributed by atoms with Crippen molar-refractivity contribution in [2.45, 2.75) is 31.1 Å². The molecule has 7 nitrogen and oxygen atoms in total. The molecule has 5 rings (SSSR count). The number of nitrogens with zero attached hydrogens (tertiary/aromatic N) is 1. The first kappa shape index (κ1) is 22.2. The predicted molar refractivity (Wildman–Crippen MR) is 126 cm³/mol. The first-order chi connectivity index (χ1) is 16.3. The Kier molecular flexibility index (Phi) is 5.24. The minimum atomic E-state index is -1.72. The molecule has 2 N–H and O–H groups in total. The average Bonchev–Trinajstić information content (AvgIpc) is 3.01. The van der Waals surface area contributed by atoms with Crippen LogP contribution < -0.4 is 10.6 Å². The minimum absolute atomic E-state index is 0.0774. The van der Waals surface area contributed by atoms with Crippen LogP contribution in [0.25, 0.3) is 0 Å². The van der Waals surface area contributed by atoms with Crippen LogP contribution in [-0.2, 0) is 29.3 Å². The van der Waals surface area contributed by atoms with Crippen LogP contribution in [0.1, 0.15) is 36.8 Å². The van der Waals surface area contributed by atoms with Gasteiger partial charge in [0.1, 0.15) is 16.7 Å². The Morgan fingerprint density at radius 2 is 1.97 bits per heavy atom. The van der Waals surface area contributed by atoms with E-state index in [9.17, 15) is 14.4 Å². The standard InChI is InChI=1S/C26H23ClN2O5/c1-3-33-24(31)22-23(28)34-20-13-15(14-7-6-8-16(27)11-14)12-19(30)21(20)26(22)17-9-4-5-10-18(17)29(2)25(26)32/h4-11,15H,3,12-13,28H2,1-2H3/t15-,26-/m0/s1. The number of esters is 1. The fourth-order valence-electron chi connectivity index (χ4n) is 5.38. The number of para-hydroxylation sites is 1. The molecule has 0 radical (unpaired) electrons. The maximum absolute atomic E-state index is 14.0. The van der Waals surface area contributed by atoms with Gasteiger partial charge in [0.05, 0.1) is 12.2 Å². The van der Waals surface area contributed by atoms with Gasteiger partial charge >= 0.3 is 5.97 Å². The smallest absolute Gasteiger partial charge is 0.341 e. The van der Waals surface area contributed by atoms with Crippen molar-refractivity contribution < 1.29 is 23.9 Å². The molecule has 0 unspecified atom stereocenters. The highest BCUT2D eigenvalue weighted by atomic mass is 35.5. The van der Waals surface area contributed by atoms with E-state index in [-0.39, 0.29) is 41.8 Å². The molecule has 174 valence electrons. The molecule has 1 amide bonds. The van der Waals surface area contributed by atoms with Crippen LogP contribution in [0.4, 0.5) is 5.69 Å². The third-order valence-corrected chi connectivity index (χ3v) is 6.98. The van der Waals surface area contributed by atoms with Gasteiger partial charge < -0.3 is 20.1 Å². The van der Waals surface area contributed by atoms with Crippen molar-refractivity contribution in [3.05, 3.63) is 87.5 Å².